The van der Waals surface area contributed by atoms with Crippen LogP contribution in [0.25, 0.3) is 0 Å². The van der Waals surface area contributed by atoms with E-state index in [0.717, 1.165) is 19.3 Å². The summed E-state index contributed by atoms with van der Waals surface area (Å²) >= 11 is 0. The molecule has 0 aliphatic carbocycles. The molecule has 0 aromatic heterocycles. The summed E-state index contributed by atoms with van der Waals surface area (Å²) in [6, 6.07) is 0. The van der Waals surface area contributed by atoms with Crippen molar-refractivity contribution in [3.63, 3.8) is 0 Å². The largest absolute Gasteiger partial charge is 0.756 e. The molecule has 0 radical (unpaired) electrons. The first-order chi connectivity index (χ1) is 16.6. The molecule has 1 unspecified atom stereocenters. The van der Waals surface area contributed by atoms with Gasteiger partial charge in [0.05, 0.1) is 27.7 Å². The van der Waals surface area contributed by atoms with Crippen LogP contribution >= 0.6 is 7.82 Å². The Morgan fingerprint density at radius 2 is 1.46 bits per heavy atom. The van der Waals surface area contributed by atoms with Gasteiger partial charge in [-0.15, -0.1) is 0 Å². The average molecular weight is 524 g/mol. The van der Waals surface area contributed by atoms with Crippen LogP contribution in [-0.2, 0) is 28.0 Å². The first kappa shape index (κ1) is 34.2. The van der Waals surface area contributed by atoms with E-state index in [0.29, 0.717) is 11.0 Å². The van der Waals surface area contributed by atoms with Crippen LogP contribution in [0.15, 0.2) is 12.2 Å². The molecule has 1 N–H and O–H groups in total. The SMILES string of the molecule is CCCCCCCCCCCCCCC=CC(=O)OC[C@H](COP(=O)([O-])OCC[N+](C)(C)C)OO. The Labute approximate surface area is 212 Å². The smallest absolute Gasteiger partial charge is 0.330 e. The predicted molar refractivity (Wildman–Crippen MR) is 136 cm³/mol. The van der Waals surface area contributed by atoms with Gasteiger partial charge in [0.15, 0.2) is 6.10 Å². The molecular formula is C25H50NO8P. The van der Waals surface area contributed by atoms with Crippen molar-refractivity contribution in [1.82, 2.24) is 0 Å². The van der Waals surface area contributed by atoms with Crippen LogP contribution < -0.4 is 4.89 Å². The molecule has 0 saturated heterocycles. The molecule has 0 aromatic carbocycles. The Kier molecular flexibility index (Phi) is 20.8. The molecule has 0 aromatic rings. The van der Waals surface area contributed by atoms with Crippen LogP contribution in [0.3, 0.4) is 0 Å². The number of nitrogens with zero attached hydrogens (tertiary/aromatic N) is 1. The second-order valence-electron chi connectivity index (χ2n) is 10.0. The Morgan fingerprint density at radius 1 is 0.914 bits per heavy atom. The summed E-state index contributed by atoms with van der Waals surface area (Å²) in [6.07, 6.45) is 18.1. The first-order valence-electron chi connectivity index (χ1n) is 13.1. The lowest BCUT2D eigenvalue weighted by Gasteiger charge is -2.27. The summed E-state index contributed by atoms with van der Waals surface area (Å²) in [5.74, 6) is -0.588. The van der Waals surface area contributed by atoms with Crippen LogP contribution in [0.1, 0.15) is 90.4 Å². The molecule has 0 aliphatic rings. The molecule has 0 fully saturated rings. The monoisotopic (exact) mass is 523 g/mol. The summed E-state index contributed by atoms with van der Waals surface area (Å²) in [6.45, 7) is 1.80. The minimum absolute atomic E-state index is 0.0338. The van der Waals surface area contributed by atoms with E-state index in [1.807, 2.05) is 21.1 Å². The fourth-order valence-corrected chi connectivity index (χ4v) is 3.98. The van der Waals surface area contributed by atoms with E-state index in [4.69, 9.17) is 19.0 Å². The van der Waals surface area contributed by atoms with E-state index in [2.05, 4.69) is 11.8 Å². The molecule has 208 valence electrons. The number of likely N-dealkylation sites (N-methyl/N-ethyl adjacent to an activating group) is 1. The molecule has 0 aliphatic heterocycles. The highest BCUT2D eigenvalue weighted by molar-refractivity contribution is 7.45. The minimum atomic E-state index is -4.54. The van der Waals surface area contributed by atoms with Gasteiger partial charge in [0.25, 0.3) is 7.82 Å². The number of phosphoric ester groups is 1. The number of allylic oxidation sites excluding steroid dienone is 1. The van der Waals surface area contributed by atoms with E-state index in [9.17, 15) is 14.3 Å². The second-order valence-corrected chi connectivity index (χ2v) is 11.4. The van der Waals surface area contributed by atoms with Gasteiger partial charge in [-0.05, 0) is 12.8 Å². The number of hydrogen-bond donors (Lipinski definition) is 1. The standard InChI is InChI=1S/C25H50NO8P/c1-5-6-7-8-9-10-11-12-13-14-15-16-17-18-19-25(27)31-22-24(34-28)23-33-35(29,30)32-21-20-26(2,3)4/h18-19,24H,5-17,20-23H2,1-4H3,(H-,28,29,30)/t24-/m1/s1. The zero-order valence-electron chi connectivity index (χ0n) is 22.5. The summed E-state index contributed by atoms with van der Waals surface area (Å²) in [5, 5.41) is 8.90. The molecular weight excluding hydrogens is 473 g/mol. The summed E-state index contributed by atoms with van der Waals surface area (Å²) in [5.41, 5.74) is 0. The maximum Gasteiger partial charge on any atom is 0.330 e. The van der Waals surface area contributed by atoms with Gasteiger partial charge in [0.2, 0.25) is 0 Å². The van der Waals surface area contributed by atoms with Crippen LogP contribution in [-0.4, -0.2) is 69.3 Å². The van der Waals surface area contributed by atoms with Crippen molar-refractivity contribution >= 4 is 13.8 Å². The van der Waals surface area contributed by atoms with Gasteiger partial charge < -0.3 is 23.2 Å². The highest BCUT2D eigenvalue weighted by atomic mass is 31.2. The van der Waals surface area contributed by atoms with Gasteiger partial charge in [-0.1, -0.05) is 83.6 Å². The molecule has 0 bridgehead atoms. The van der Waals surface area contributed by atoms with E-state index in [-0.39, 0.29) is 13.2 Å². The Morgan fingerprint density at radius 3 is 1.97 bits per heavy atom. The zero-order chi connectivity index (χ0) is 26.4. The molecule has 2 atom stereocenters. The van der Waals surface area contributed by atoms with E-state index in [1.165, 1.54) is 70.3 Å². The van der Waals surface area contributed by atoms with E-state index >= 15 is 0 Å². The third kappa shape index (κ3) is 24.7. The highest BCUT2D eigenvalue weighted by Gasteiger charge is 2.18. The molecule has 35 heavy (non-hydrogen) atoms. The van der Waals surface area contributed by atoms with Crippen LogP contribution in [0.5, 0.6) is 0 Å². The lowest BCUT2D eigenvalue weighted by atomic mass is 10.0. The fourth-order valence-electron chi connectivity index (χ4n) is 3.25. The number of rotatable bonds is 24. The predicted octanol–water partition coefficient (Wildman–Crippen LogP) is 5.24. The number of unbranched alkanes of at least 4 members (excludes halogenated alkanes) is 12. The summed E-state index contributed by atoms with van der Waals surface area (Å²) in [7, 11) is 1.16. The fraction of sp³-hybridized carbons (Fsp3) is 0.880. The first-order valence-corrected chi connectivity index (χ1v) is 14.6. The van der Waals surface area contributed by atoms with E-state index in [1.54, 1.807) is 6.08 Å². The normalized spacial score (nSPS) is 14.8. The quantitative estimate of drug-likeness (QED) is 0.0347. The molecule has 0 spiro atoms. The molecule has 0 heterocycles. The molecule has 9 nitrogen and oxygen atoms in total. The maximum absolute atomic E-state index is 11.8. The van der Waals surface area contributed by atoms with Gasteiger partial charge in [-0.2, -0.15) is 0 Å². The number of ether oxygens (including phenoxy) is 1. The topological polar surface area (TPSA) is 114 Å². The van der Waals surface area contributed by atoms with Crippen molar-refractivity contribution < 1.29 is 42.7 Å². The minimum Gasteiger partial charge on any atom is -0.756 e. The third-order valence-corrected chi connectivity index (χ3v) is 6.43. The Hall–Kier alpha value is -0.800. The lowest BCUT2D eigenvalue weighted by molar-refractivity contribution is -0.870. The van der Waals surface area contributed by atoms with Crippen molar-refractivity contribution in [3.8, 4) is 0 Å². The van der Waals surface area contributed by atoms with Gasteiger partial charge >= 0.3 is 5.97 Å². The maximum atomic E-state index is 11.8. The second kappa shape index (κ2) is 21.3. The molecule has 10 heteroatoms. The number of esters is 1. The number of phosphoric acid groups is 1. The summed E-state index contributed by atoms with van der Waals surface area (Å²) in [4.78, 5) is 27.7. The van der Waals surface area contributed by atoms with Gasteiger partial charge in [0, 0.05) is 6.08 Å². The van der Waals surface area contributed by atoms with Crippen LogP contribution in [0.4, 0.5) is 0 Å². The lowest BCUT2D eigenvalue weighted by Crippen LogP contribution is -2.37. The number of hydrogen-bond acceptors (Lipinski definition) is 8. The average Bonchev–Trinajstić information content (AvgIpc) is 2.78. The van der Waals surface area contributed by atoms with Gasteiger partial charge in [-0.25, -0.2) is 9.68 Å². The van der Waals surface area contributed by atoms with Crippen molar-refractivity contribution in [3.05, 3.63) is 12.2 Å². The molecule has 0 amide bonds. The van der Waals surface area contributed by atoms with Crippen LogP contribution in [0, 0.1) is 0 Å². The van der Waals surface area contributed by atoms with Crippen LogP contribution in [0.2, 0.25) is 0 Å². The molecule has 0 rings (SSSR count). The van der Waals surface area contributed by atoms with Crippen molar-refractivity contribution in [2.45, 2.75) is 96.5 Å². The Balaban J connectivity index is 3.78. The summed E-state index contributed by atoms with van der Waals surface area (Å²) < 4.78 is 26.7. The van der Waals surface area contributed by atoms with Crippen molar-refractivity contribution in [1.29, 1.82) is 0 Å². The van der Waals surface area contributed by atoms with Gasteiger partial charge in [0.1, 0.15) is 19.8 Å². The van der Waals surface area contributed by atoms with Crippen molar-refractivity contribution in [2.24, 2.45) is 0 Å². The highest BCUT2D eigenvalue weighted by Crippen LogP contribution is 2.38. The zero-order valence-corrected chi connectivity index (χ0v) is 23.3. The van der Waals surface area contributed by atoms with Crippen molar-refractivity contribution in [2.75, 3.05) is 47.5 Å². The Bertz CT molecular complexity index is 595. The van der Waals surface area contributed by atoms with E-state index < -0.39 is 26.5 Å². The number of carbonyl (C=O) groups excluding carboxylic acids is 1. The number of quaternary nitrogens is 1. The van der Waals surface area contributed by atoms with Gasteiger partial charge in [-0.3, -0.25) is 9.82 Å². The third-order valence-electron chi connectivity index (χ3n) is 5.47. The number of carbonyl (C=O) groups is 1. The molecule has 0 saturated carbocycles.